The molecule has 0 rings (SSSR count). The molecule has 0 bridgehead atoms. The van der Waals surface area contributed by atoms with Gasteiger partial charge in [0.15, 0.2) is 6.10 Å². The van der Waals surface area contributed by atoms with Gasteiger partial charge in [0, 0.05) is 19.3 Å². The Hall–Kier alpha value is -1.59. The standard InChI is InChI=1S/C50H96O6/c1-6-8-9-10-11-12-13-14-15-16-17-21-24-30-35-40-48(51)54-43-47(56-50(53)42-37-32-27-26-29-34-39-46(5)7-2)44-55-49(52)41-36-31-25-22-19-18-20-23-28-33-38-45(3)4/h45-47H,6-44H2,1-5H3/t46?,47-/m0/s1. The molecule has 2 atom stereocenters. The van der Waals surface area contributed by atoms with Crippen molar-refractivity contribution in [3.63, 3.8) is 0 Å². The van der Waals surface area contributed by atoms with Crippen LogP contribution >= 0.6 is 0 Å². The van der Waals surface area contributed by atoms with Gasteiger partial charge in [-0.15, -0.1) is 0 Å². The first kappa shape index (κ1) is 54.4. The minimum Gasteiger partial charge on any atom is -0.462 e. The van der Waals surface area contributed by atoms with Crippen molar-refractivity contribution in [2.45, 2.75) is 278 Å². The summed E-state index contributed by atoms with van der Waals surface area (Å²) >= 11 is 0. The Balaban J connectivity index is 4.30. The first-order chi connectivity index (χ1) is 27.3. The quantitative estimate of drug-likeness (QED) is 0.0347. The summed E-state index contributed by atoms with van der Waals surface area (Å²) in [6.45, 7) is 11.3. The average Bonchev–Trinajstić information content (AvgIpc) is 3.18. The number of hydrogen-bond acceptors (Lipinski definition) is 6. The van der Waals surface area contributed by atoms with Crippen LogP contribution in [0.1, 0.15) is 272 Å². The van der Waals surface area contributed by atoms with E-state index in [4.69, 9.17) is 14.2 Å². The van der Waals surface area contributed by atoms with Crippen LogP contribution in [0.25, 0.3) is 0 Å². The third kappa shape index (κ3) is 42.0. The predicted octanol–water partition coefficient (Wildman–Crippen LogP) is 15.8. The van der Waals surface area contributed by atoms with Gasteiger partial charge in [-0.25, -0.2) is 0 Å². The molecule has 0 aliphatic rings. The van der Waals surface area contributed by atoms with Crippen LogP contribution in [-0.4, -0.2) is 37.2 Å². The van der Waals surface area contributed by atoms with Gasteiger partial charge in [-0.05, 0) is 31.1 Å². The van der Waals surface area contributed by atoms with E-state index in [0.29, 0.717) is 19.3 Å². The largest absolute Gasteiger partial charge is 0.462 e. The molecule has 0 N–H and O–H groups in total. The van der Waals surface area contributed by atoms with Crippen LogP contribution in [0.15, 0.2) is 0 Å². The van der Waals surface area contributed by atoms with E-state index in [-0.39, 0.29) is 31.1 Å². The number of unbranched alkanes of at least 4 members (excludes halogenated alkanes) is 28. The van der Waals surface area contributed by atoms with Crippen LogP contribution in [-0.2, 0) is 28.6 Å². The van der Waals surface area contributed by atoms with E-state index in [0.717, 1.165) is 69.6 Å². The maximum atomic E-state index is 12.7. The van der Waals surface area contributed by atoms with E-state index in [2.05, 4.69) is 34.6 Å². The summed E-state index contributed by atoms with van der Waals surface area (Å²) in [5, 5.41) is 0. The molecule has 0 aromatic rings. The Morgan fingerprint density at radius 2 is 0.679 bits per heavy atom. The average molecular weight is 793 g/mol. The molecular formula is C50H96O6. The van der Waals surface area contributed by atoms with Crippen molar-refractivity contribution < 1.29 is 28.6 Å². The van der Waals surface area contributed by atoms with Crippen LogP contribution in [0.5, 0.6) is 0 Å². The van der Waals surface area contributed by atoms with Crippen molar-refractivity contribution in [3.8, 4) is 0 Å². The number of carbonyl (C=O) groups is 3. The molecule has 0 spiro atoms. The van der Waals surface area contributed by atoms with Gasteiger partial charge in [0.05, 0.1) is 0 Å². The summed E-state index contributed by atoms with van der Waals surface area (Å²) in [6.07, 6.45) is 42.3. The fourth-order valence-corrected chi connectivity index (χ4v) is 7.43. The minimum absolute atomic E-state index is 0.0650. The molecule has 6 heteroatoms. The summed E-state index contributed by atoms with van der Waals surface area (Å²) in [5.41, 5.74) is 0. The molecule has 0 saturated carbocycles. The lowest BCUT2D eigenvalue weighted by atomic mass is 10.00. The number of esters is 3. The zero-order valence-electron chi connectivity index (χ0n) is 38.3. The predicted molar refractivity (Wildman–Crippen MR) is 238 cm³/mol. The Morgan fingerprint density at radius 1 is 0.375 bits per heavy atom. The van der Waals surface area contributed by atoms with E-state index < -0.39 is 6.10 Å². The fourth-order valence-electron chi connectivity index (χ4n) is 7.43. The highest BCUT2D eigenvalue weighted by Gasteiger charge is 2.19. The van der Waals surface area contributed by atoms with Crippen LogP contribution in [0.3, 0.4) is 0 Å². The summed E-state index contributed by atoms with van der Waals surface area (Å²) < 4.78 is 16.8. The second kappa shape index (κ2) is 43.0. The first-order valence-corrected chi connectivity index (χ1v) is 24.8. The number of ether oxygens (including phenoxy) is 3. The molecule has 56 heavy (non-hydrogen) atoms. The number of hydrogen-bond donors (Lipinski definition) is 0. The Labute approximate surface area is 348 Å². The lowest BCUT2D eigenvalue weighted by molar-refractivity contribution is -0.167. The molecule has 0 aliphatic heterocycles. The van der Waals surface area contributed by atoms with E-state index in [1.165, 1.54) is 161 Å². The van der Waals surface area contributed by atoms with Crippen molar-refractivity contribution in [2.75, 3.05) is 13.2 Å². The molecule has 0 radical (unpaired) electrons. The third-order valence-corrected chi connectivity index (χ3v) is 11.6. The molecular weight excluding hydrogens is 697 g/mol. The summed E-state index contributed by atoms with van der Waals surface area (Å²) in [7, 11) is 0. The van der Waals surface area contributed by atoms with Gasteiger partial charge < -0.3 is 14.2 Å². The van der Waals surface area contributed by atoms with Crippen molar-refractivity contribution in [3.05, 3.63) is 0 Å². The molecule has 6 nitrogen and oxygen atoms in total. The van der Waals surface area contributed by atoms with Gasteiger partial charge in [-0.3, -0.25) is 14.4 Å². The lowest BCUT2D eigenvalue weighted by Crippen LogP contribution is -2.30. The van der Waals surface area contributed by atoms with Gasteiger partial charge in [0.1, 0.15) is 13.2 Å². The molecule has 0 aliphatic carbocycles. The SMILES string of the molecule is CCCCCCCCCCCCCCCCCC(=O)OC[C@@H](COC(=O)CCCCCCCCCCCCC(C)C)OC(=O)CCCCCCCCC(C)CC. The fraction of sp³-hybridized carbons (Fsp3) is 0.940. The van der Waals surface area contributed by atoms with Crippen LogP contribution in [0, 0.1) is 11.8 Å². The van der Waals surface area contributed by atoms with Crippen molar-refractivity contribution in [1.82, 2.24) is 0 Å². The molecule has 0 aromatic carbocycles. The highest BCUT2D eigenvalue weighted by Crippen LogP contribution is 2.17. The highest BCUT2D eigenvalue weighted by atomic mass is 16.6. The maximum absolute atomic E-state index is 12.7. The van der Waals surface area contributed by atoms with Crippen molar-refractivity contribution in [1.29, 1.82) is 0 Å². The molecule has 0 amide bonds. The van der Waals surface area contributed by atoms with Crippen LogP contribution in [0.4, 0.5) is 0 Å². The summed E-state index contributed by atoms with van der Waals surface area (Å²) in [5.74, 6) is 0.773. The van der Waals surface area contributed by atoms with E-state index in [1.807, 2.05) is 0 Å². The summed E-state index contributed by atoms with van der Waals surface area (Å²) in [4.78, 5) is 37.8. The minimum atomic E-state index is -0.762. The van der Waals surface area contributed by atoms with Gasteiger partial charge >= 0.3 is 17.9 Å². The van der Waals surface area contributed by atoms with Crippen LogP contribution in [0.2, 0.25) is 0 Å². The molecule has 332 valence electrons. The second-order valence-corrected chi connectivity index (χ2v) is 17.8. The molecule has 0 fully saturated rings. The Kier molecular flexibility index (Phi) is 41.8. The Morgan fingerprint density at radius 3 is 1.02 bits per heavy atom. The van der Waals surface area contributed by atoms with Crippen LogP contribution < -0.4 is 0 Å². The third-order valence-electron chi connectivity index (χ3n) is 11.6. The Bertz CT molecular complexity index is 856. The van der Waals surface area contributed by atoms with Gasteiger partial charge in [0.25, 0.3) is 0 Å². The molecule has 0 saturated heterocycles. The maximum Gasteiger partial charge on any atom is 0.306 e. The topological polar surface area (TPSA) is 78.9 Å². The first-order valence-electron chi connectivity index (χ1n) is 24.8. The van der Waals surface area contributed by atoms with Crippen molar-refractivity contribution in [2.24, 2.45) is 11.8 Å². The number of rotatable bonds is 44. The molecule has 0 aromatic heterocycles. The normalized spacial score (nSPS) is 12.5. The second-order valence-electron chi connectivity index (χ2n) is 17.8. The molecule has 1 unspecified atom stereocenters. The zero-order chi connectivity index (χ0) is 41.2. The highest BCUT2D eigenvalue weighted by molar-refractivity contribution is 5.71. The smallest absolute Gasteiger partial charge is 0.306 e. The molecule has 0 heterocycles. The van der Waals surface area contributed by atoms with Crippen molar-refractivity contribution >= 4 is 17.9 Å². The number of carbonyl (C=O) groups excluding carboxylic acids is 3. The van der Waals surface area contributed by atoms with E-state index in [9.17, 15) is 14.4 Å². The van der Waals surface area contributed by atoms with Gasteiger partial charge in [-0.2, -0.15) is 0 Å². The van der Waals surface area contributed by atoms with E-state index in [1.54, 1.807) is 0 Å². The monoisotopic (exact) mass is 793 g/mol. The van der Waals surface area contributed by atoms with Gasteiger partial charge in [0.2, 0.25) is 0 Å². The summed E-state index contributed by atoms with van der Waals surface area (Å²) in [6, 6.07) is 0. The zero-order valence-corrected chi connectivity index (χ0v) is 38.3. The van der Waals surface area contributed by atoms with E-state index >= 15 is 0 Å². The lowest BCUT2D eigenvalue weighted by Gasteiger charge is -2.18. The van der Waals surface area contributed by atoms with Gasteiger partial charge in [-0.1, -0.05) is 234 Å².